The van der Waals surface area contributed by atoms with Crippen molar-refractivity contribution in [3.8, 4) is 0 Å². The average molecular weight is 269 g/mol. The molecule has 98 valence electrons. The molecule has 0 amide bonds. The summed E-state index contributed by atoms with van der Waals surface area (Å²) < 4.78 is 24.5. The molecule has 18 heavy (non-hydrogen) atoms. The summed E-state index contributed by atoms with van der Waals surface area (Å²) in [7, 11) is -3.41. The molecule has 1 aromatic heterocycles. The van der Waals surface area contributed by atoms with Gasteiger partial charge in [0.15, 0.2) is 5.78 Å². The lowest BCUT2D eigenvalue weighted by Crippen LogP contribution is -2.23. The van der Waals surface area contributed by atoms with E-state index in [1.165, 1.54) is 0 Å². The maximum Gasteiger partial charge on any atom is 0.237 e. The van der Waals surface area contributed by atoms with Crippen molar-refractivity contribution in [2.45, 2.75) is 26.7 Å². The third-order valence-electron chi connectivity index (χ3n) is 2.80. The van der Waals surface area contributed by atoms with Crippen LogP contribution in [0.15, 0.2) is 0 Å². The minimum Gasteiger partial charge on any atom is -0.294 e. The fraction of sp³-hybridized carbons (Fsp3) is 0.545. The Bertz CT molecular complexity index is 610. The number of nitrogens with one attached hydrogen (secondary N) is 1. The maximum atomic E-state index is 11.9. The van der Waals surface area contributed by atoms with Crippen LogP contribution in [-0.4, -0.2) is 30.4 Å². The minimum atomic E-state index is -3.41. The number of carbonyl (C=O) groups excluding carboxylic acids is 1. The molecule has 1 N–H and O–H groups in total. The quantitative estimate of drug-likeness (QED) is 0.862. The van der Waals surface area contributed by atoms with Crippen LogP contribution in [0.3, 0.4) is 0 Å². The number of anilines is 1. The first kappa shape index (κ1) is 12.9. The van der Waals surface area contributed by atoms with Gasteiger partial charge >= 0.3 is 0 Å². The highest BCUT2D eigenvalue weighted by molar-refractivity contribution is 7.91. The van der Waals surface area contributed by atoms with Gasteiger partial charge in [-0.05, 0) is 19.3 Å². The number of fused-ring (bicyclic) bond motifs is 1. The van der Waals surface area contributed by atoms with E-state index >= 15 is 0 Å². The molecule has 2 rings (SSSR count). The van der Waals surface area contributed by atoms with Crippen LogP contribution in [0.2, 0.25) is 0 Å². The average Bonchev–Trinajstić information content (AvgIpc) is 2.11. The zero-order valence-corrected chi connectivity index (χ0v) is 11.3. The zero-order valence-electron chi connectivity index (χ0n) is 10.5. The van der Waals surface area contributed by atoms with Gasteiger partial charge in [-0.25, -0.2) is 18.4 Å². The summed E-state index contributed by atoms with van der Waals surface area (Å²) in [5.74, 6) is 0.299. The molecule has 0 spiro atoms. The fourth-order valence-corrected chi connectivity index (χ4v) is 2.60. The molecule has 0 saturated heterocycles. The van der Waals surface area contributed by atoms with E-state index < -0.39 is 10.0 Å². The lowest BCUT2D eigenvalue weighted by molar-refractivity contribution is 0.0951. The number of Topliss-reactive ketones (excluding diaryl/α,β-unsaturated/α-hetero) is 1. The molecule has 1 aromatic rings. The Balaban J connectivity index is 2.48. The van der Waals surface area contributed by atoms with E-state index in [0.29, 0.717) is 29.8 Å². The van der Waals surface area contributed by atoms with Crippen molar-refractivity contribution in [3.05, 3.63) is 17.0 Å². The van der Waals surface area contributed by atoms with Gasteiger partial charge in [0.25, 0.3) is 0 Å². The van der Waals surface area contributed by atoms with Crippen molar-refractivity contribution >= 4 is 21.8 Å². The molecular formula is C11H15N3O3S. The predicted octanol–water partition coefficient (Wildman–Crippen LogP) is 0.922. The summed E-state index contributed by atoms with van der Waals surface area (Å²) in [5.41, 5.74) is 1.72. The van der Waals surface area contributed by atoms with Gasteiger partial charge in [-0.15, -0.1) is 0 Å². The van der Waals surface area contributed by atoms with Crippen LogP contribution in [-0.2, 0) is 16.4 Å². The standard InChI is InChI=1S/C11H15N3O3S/c1-6-4-8-10(9(15)5-6)7(2)12-11(13-8)14-18(3,16)17/h6H,4-5H2,1-3H3,(H,12,13,14)/t6-/m0/s1. The van der Waals surface area contributed by atoms with Gasteiger partial charge in [0.1, 0.15) is 0 Å². The minimum absolute atomic E-state index is 0.0344. The molecule has 1 heterocycles. The summed E-state index contributed by atoms with van der Waals surface area (Å²) in [6.07, 6.45) is 2.21. The lowest BCUT2D eigenvalue weighted by Gasteiger charge is -2.21. The molecule has 0 aliphatic heterocycles. The third kappa shape index (κ3) is 2.66. The normalized spacial score (nSPS) is 19.5. The molecule has 0 unspecified atom stereocenters. The molecule has 6 nitrogen and oxygen atoms in total. The van der Waals surface area contributed by atoms with E-state index in [1.54, 1.807) is 6.92 Å². The second-order valence-electron chi connectivity index (χ2n) is 4.77. The number of aromatic nitrogens is 2. The summed E-state index contributed by atoms with van der Waals surface area (Å²) in [6, 6.07) is 0. The largest absolute Gasteiger partial charge is 0.294 e. The van der Waals surface area contributed by atoms with E-state index in [2.05, 4.69) is 14.7 Å². The van der Waals surface area contributed by atoms with E-state index in [1.807, 2.05) is 6.92 Å². The lowest BCUT2D eigenvalue weighted by atomic mass is 9.86. The predicted molar refractivity (Wildman–Crippen MR) is 67.1 cm³/mol. The smallest absolute Gasteiger partial charge is 0.237 e. The van der Waals surface area contributed by atoms with Crippen LogP contribution in [0.25, 0.3) is 0 Å². The van der Waals surface area contributed by atoms with Crippen molar-refractivity contribution in [1.29, 1.82) is 0 Å². The van der Waals surface area contributed by atoms with Crippen LogP contribution in [0.5, 0.6) is 0 Å². The first-order chi connectivity index (χ1) is 8.26. The fourth-order valence-electron chi connectivity index (χ4n) is 2.17. The monoisotopic (exact) mass is 269 g/mol. The Morgan fingerprint density at radius 3 is 2.56 bits per heavy atom. The second kappa shape index (κ2) is 4.31. The summed E-state index contributed by atoms with van der Waals surface area (Å²) in [6.45, 7) is 3.67. The van der Waals surface area contributed by atoms with Crippen molar-refractivity contribution in [2.24, 2.45) is 5.92 Å². The van der Waals surface area contributed by atoms with E-state index in [0.717, 1.165) is 6.26 Å². The number of hydrogen-bond donors (Lipinski definition) is 1. The third-order valence-corrected chi connectivity index (χ3v) is 3.35. The molecule has 7 heteroatoms. The van der Waals surface area contributed by atoms with Crippen LogP contribution in [0, 0.1) is 12.8 Å². The number of carbonyl (C=O) groups is 1. The summed E-state index contributed by atoms with van der Waals surface area (Å²) in [5, 5.41) is 0. The molecule has 0 fully saturated rings. The Hall–Kier alpha value is -1.50. The number of ketones is 1. The van der Waals surface area contributed by atoms with Crippen molar-refractivity contribution in [1.82, 2.24) is 9.97 Å². The van der Waals surface area contributed by atoms with Crippen LogP contribution < -0.4 is 4.72 Å². The first-order valence-electron chi connectivity index (χ1n) is 5.65. The number of nitrogens with zero attached hydrogens (tertiary/aromatic N) is 2. The van der Waals surface area contributed by atoms with Gasteiger partial charge in [-0.2, -0.15) is 0 Å². The number of aryl methyl sites for hydroxylation is 1. The summed E-state index contributed by atoms with van der Waals surface area (Å²) >= 11 is 0. The Morgan fingerprint density at radius 2 is 1.94 bits per heavy atom. The van der Waals surface area contributed by atoms with E-state index in [4.69, 9.17) is 0 Å². The van der Waals surface area contributed by atoms with Crippen molar-refractivity contribution in [3.63, 3.8) is 0 Å². The topological polar surface area (TPSA) is 89.0 Å². The summed E-state index contributed by atoms with van der Waals surface area (Å²) in [4.78, 5) is 20.1. The first-order valence-corrected chi connectivity index (χ1v) is 7.54. The van der Waals surface area contributed by atoms with Gasteiger partial charge in [-0.3, -0.25) is 9.52 Å². The highest BCUT2D eigenvalue weighted by atomic mass is 32.2. The molecule has 1 aliphatic rings. The van der Waals surface area contributed by atoms with Crippen molar-refractivity contribution < 1.29 is 13.2 Å². The molecule has 0 aromatic carbocycles. The number of rotatable bonds is 2. The highest BCUT2D eigenvalue weighted by Gasteiger charge is 2.26. The number of hydrogen-bond acceptors (Lipinski definition) is 5. The second-order valence-corrected chi connectivity index (χ2v) is 6.51. The highest BCUT2D eigenvalue weighted by Crippen LogP contribution is 2.26. The SMILES string of the molecule is Cc1nc(NS(C)(=O)=O)nc2c1C(=O)C[C@@H](C)C2. The van der Waals surface area contributed by atoms with E-state index in [-0.39, 0.29) is 17.6 Å². The van der Waals surface area contributed by atoms with Gasteiger partial charge < -0.3 is 0 Å². The van der Waals surface area contributed by atoms with Crippen LogP contribution in [0.4, 0.5) is 5.95 Å². The Labute approximate surface area is 106 Å². The Morgan fingerprint density at radius 1 is 1.28 bits per heavy atom. The van der Waals surface area contributed by atoms with Gasteiger partial charge in [0, 0.05) is 6.42 Å². The maximum absolute atomic E-state index is 11.9. The Kier molecular flexibility index (Phi) is 3.10. The molecule has 0 radical (unpaired) electrons. The van der Waals surface area contributed by atoms with Crippen molar-refractivity contribution in [2.75, 3.05) is 11.0 Å². The van der Waals surface area contributed by atoms with Crippen LogP contribution in [0.1, 0.15) is 35.1 Å². The van der Waals surface area contributed by atoms with Gasteiger partial charge in [-0.1, -0.05) is 6.92 Å². The van der Waals surface area contributed by atoms with E-state index in [9.17, 15) is 13.2 Å². The number of sulfonamides is 1. The van der Waals surface area contributed by atoms with Gasteiger partial charge in [0.2, 0.25) is 16.0 Å². The van der Waals surface area contributed by atoms with Crippen LogP contribution >= 0.6 is 0 Å². The molecular weight excluding hydrogens is 254 g/mol. The van der Waals surface area contributed by atoms with Gasteiger partial charge in [0.05, 0.1) is 23.2 Å². The molecule has 1 atom stereocenters. The molecule has 0 bridgehead atoms. The molecule has 1 aliphatic carbocycles. The molecule has 0 saturated carbocycles. The zero-order chi connectivity index (χ0) is 13.5.